The van der Waals surface area contributed by atoms with Crippen molar-refractivity contribution < 1.29 is 19.1 Å². The second-order valence-corrected chi connectivity index (χ2v) is 8.79. The maximum absolute atomic E-state index is 12.8. The highest BCUT2D eigenvalue weighted by Gasteiger charge is 2.49. The van der Waals surface area contributed by atoms with Gasteiger partial charge >= 0.3 is 0 Å². The van der Waals surface area contributed by atoms with E-state index >= 15 is 0 Å². The van der Waals surface area contributed by atoms with Crippen molar-refractivity contribution in [3.8, 4) is 0 Å². The topological polar surface area (TPSA) is 81.9 Å². The van der Waals surface area contributed by atoms with Crippen LogP contribution in [0.2, 0.25) is 0 Å². The van der Waals surface area contributed by atoms with Crippen LogP contribution in [-0.2, 0) is 20.8 Å². The van der Waals surface area contributed by atoms with Crippen LogP contribution in [0.1, 0.15) is 55.5 Å². The lowest BCUT2D eigenvalue weighted by molar-refractivity contribution is -0.114. The molecule has 0 bridgehead atoms. The van der Waals surface area contributed by atoms with Crippen LogP contribution in [0.5, 0.6) is 0 Å². The van der Waals surface area contributed by atoms with E-state index < -0.39 is 23.4 Å². The molecule has 0 aromatic heterocycles. The standard InChI is InChI=1S/C23H26N2O4/c1-13(19(24)26)11-25-12-18-16(20(25)27)9-8-14-6-7-15(10-17(14)18)21-28-22(2,3)23(4,5)29-21/h6-10,21H,1,11-12H2,2-5H3,(H2,24,26). The zero-order valence-electron chi connectivity index (χ0n) is 17.2. The smallest absolute Gasteiger partial charge is 0.254 e. The van der Waals surface area contributed by atoms with Gasteiger partial charge in [-0.05, 0) is 56.2 Å². The summed E-state index contributed by atoms with van der Waals surface area (Å²) in [7, 11) is 0. The molecule has 1 saturated heterocycles. The molecule has 6 nitrogen and oxygen atoms in total. The zero-order chi connectivity index (χ0) is 21.1. The highest BCUT2D eigenvalue weighted by atomic mass is 16.7. The quantitative estimate of drug-likeness (QED) is 0.806. The minimum atomic E-state index is -0.596. The number of nitrogens with two attached hydrogens (primary N) is 1. The molecule has 0 saturated carbocycles. The summed E-state index contributed by atoms with van der Waals surface area (Å²) in [4.78, 5) is 25.7. The molecule has 0 radical (unpaired) electrons. The molecule has 2 N–H and O–H groups in total. The molecule has 2 aromatic carbocycles. The van der Waals surface area contributed by atoms with Crippen molar-refractivity contribution in [1.29, 1.82) is 0 Å². The van der Waals surface area contributed by atoms with E-state index in [1.165, 1.54) is 0 Å². The van der Waals surface area contributed by atoms with Crippen molar-refractivity contribution in [3.63, 3.8) is 0 Å². The fourth-order valence-corrected chi connectivity index (χ4v) is 3.76. The molecule has 0 unspecified atom stereocenters. The SMILES string of the molecule is C=C(CN1Cc2c(ccc3ccc(C4OC(C)(C)C(C)(C)O4)cc23)C1=O)C(N)=O. The van der Waals surface area contributed by atoms with Crippen molar-refractivity contribution in [3.05, 3.63) is 59.2 Å². The molecule has 4 rings (SSSR count). The molecular formula is C23H26N2O4. The number of carbonyl (C=O) groups is 2. The molecule has 0 atom stereocenters. The van der Waals surface area contributed by atoms with Gasteiger partial charge in [0.05, 0.1) is 17.7 Å². The van der Waals surface area contributed by atoms with Gasteiger partial charge in [-0.2, -0.15) is 0 Å². The molecule has 152 valence electrons. The molecule has 6 heteroatoms. The number of fused-ring (bicyclic) bond motifs is 3. The Morgan fingerprint density at radius 3 is 2.41 bits per heavy atom. The molecule has 0 aliphatic carbocycles. The maximum Gasteiger partial charge on any atom is 0.254 e. The van der Waals surface area contributed by atoms with Crippen LogP contribution in [0, 0.1) is 0 Å². The summed E-state index contributed by atoms with van der Waals surface area (Å²) in [6.45, 7) is 12.3. The molecule has 29 heavy (non-hydrogen) atoms. The summed E-state index contributed by atoms with van der Waals surface area (Å²) >= 11 is 0. The minimum absolute atomic E-state index is 0.120. The van der Waals surface area contributed by atoms with Gasteiger partial charge in [0.15, 0.2) is 6.29 Å². The first kappa shape index (κ1) is 19.6. The maximum atomic E-state index is 12.8. The molecule has 2 aromatic rings. The van der Waals surface area contributed by atoms with Crippen molar-refractivity contribution in [2.45, 2.75) is 51.7 Å². The number of amides is 2. The molecule has 2 amide bonds. The van der Waals surface area contributed by atoms with Crippen LogP contribution in [0.25, 0.3) is 10.8 Å². The Labute approximate surface area is 170 Å². The third kappa shape index (κ3) is 3.12. The van der Waals surface area contributed by atoms with Gasteiger partial charge in [0, 0.05) is 23.2 Å². The summed E-state index contributed by atoms with van der Waals surface area (Å²) < 4.78 is 12.4. The number of hydrogen-bond donors (Lipinski definition) is 1. The molecular weight excluding hydrogens is 368 g/mol. The van der Waals surface area contributed by atoms with E-state index in [1.54, 1.807) is 4.90 Å². The van der Waals surface area contributed by atoms with Gasteiger partial charge in [-0.3, -0.25) is 9.59 Å². The average molecular weight is 394 g/mol. The number of primary amides is 1. The first-order valence-corrected chi connectivity index (χ1v) is 9.68. The van der Waals surface area contributed by atoms with Crippen LogP contribution < -0.4 is 5.73 Å². The summed E-state index contributed by atoms with van der Waals surface area (Å²) in [6.07, 6.45) is -0.469. The van der Waals surface area contributed by atoms with Gasteiger partial charge in [-0.1, -0.05) is 24.8 Å². The summed E-state index contributed by atoms with van der Waals surface area (Å²) in [6, 6.07) is 9.83. The van der Waals surface area contributed by atoms with Crippen molar-refractivity contribution >= 4 is 22.6 Å². The number of ether oxygens (including phenoxy) is 2. The minimum Gasteiger partial charge on any atom is -0.366 e. The Morgan fingerprint density at radius 1 is 1.17 bits per heavy atom. The fraction of sp³-hybridized carbons (Fsp3) is 0.391. The van der Waals surface area contributed by atoms with Crippen LogP contribution >= 0.6 is 0 Å². The van der Waals surface area contributed by atoms with Gasteiger partial charge in [0.1, 0.15) is 0 Å². The van der Waals surface area contributed by atoms with E-state index in [0.29, 0.717) is 12.1 Å². The molecule has 2 aliphatic rings. The van der Waals surface area contributed by atoms with E-state index in [-0.39, 0.29) is 18.0 Å². The Kier molecular flexibility index (Phi) is 4.33. The average Bonchev–Trinajstić information content (AvgIpc) is 3.07. The Balaban J connectivity index is 1.70. The monoisotopic (exact) mass is 394 g/mol. The summed E-state index contributed by atoms with van der Waals surface area (Å²) in [5.74, 6) is -0.716. The van der Waals surface area contributed by atoms with Crippen molar-refractivity contribution in [2.75, 3.05) is 6.54 Å². The van der Waals surface area contributed by atoms with Crippen molar-refractivity contribution in [1.82, 2.24) is 4.90 Å². The van der Waals surface area contributed by atoms with Gasteiger partial charge in [0.25, 0.3) is 5.91 Å². The molecule has 0 spiro atoms. The van der Waals surface area contributed by atoms with E-state index in [1.807, 2.05) is 58.0 Å². The predicted molar refractivity (Wildman–Crippen MR) is 110 cm³/mol. The highest BCUT2D eigenvalue weighted by Crippen LogP contribution is 2.45. The fourth-order valence-electron chi connectivity index (χ4n) is 3.76. The number of rotatable bonds is 4. The Hall–Kier alpha value is -2.70. The third-order valence-electron chi connectivity index (χ3n) is 6.28. The lowest BCUT2D eigenvalue weighted by Crippen LogP contribution is -2.41. The Bertz CT molecular complexity index is 1040. The van der Waals surface area contributed by atoms with Gasteiger partial charge < -0.3 is 20.1 Å². The second kappa shape index (κ2) is 6.40. The lowest BCUT2D eigenvalue weighted by atomic mass is 9.90. The van der Waals surface area contributed by atoms with Gasteiger partial charge in [0.2, 0.25) is 5.91 Å². The van der Waals surface area contributed by atoms with Crippen LogP contribution in [0.3, 0.4) is 0 Å². The summed E-state index contributed by atoms with van der Waals surface area (Å²) in [5.41, 5.74) is 7.14. The number of benzene rings is 2. The second-order valence-electron chi connectivity index (χ2n) is 8.79. The van der Waals surface area contributed by atoms with E-state index in [2.05, 4.69) is 6.58 Å². The zero-order valence-corrected chi connectivity index (χ0v) is 17.2. The van der Waals surface area contributed by atoms with Gasteiger partial charge in [-0.25, -0.2) is 0 Å². The number of carbonyl (C=O) groups excluding carboxylic acids is 2. The normalized spacial score (nSPS) is 20.3. The van der Waals surface area contributed by atoms with Crippen LogP contribution in [0.4, 0.5) is 0 Å². The predicted octanol–water partition coefficient (Wildman–Crippen LogP) is 3.44. The number of hydrogen-bond acceptors (Lipinski definition) is 4. The largest absolute Gasteiger partial charge is 0.366 e. The highest BCUT2D eigenvalue weighted by molar-refractivity contribution is 6.05. The number of nitrogens with zero attached hydrogens (tertiary/aromatic N) is 1. The van der Waals surface area contributed by atoms with Crippen LogP contribution in [0.15, 0.2) is 42.5 Å². The first-order valence-electron chi connectivity index (χ1n) is 9.68. The van der Waals surface area contributed by atoms with Crippen LogP contribution in [-0.4, -0.2) is 34.5 Å². The molecule has 2 aliphatic heterocycles. The lowest BCUT2D eigenvalue weighted by Gasteiger charge is -2.30. The summed E-state index contributed by atoms with van der Waals surface area (Å²) in [5, 5.41) is 2.02. The van der Waals surface area contributed by atoms with E-state index in [4.69, 9.17) is 15.2 Å². The third-order valence-corrected chi connectivity index (χ3v) is 6.28. The molecule has 2 heterocycles. The van der Waals surface area contributed by atoms with E-state index in [9.17, 15) is 9.59 Å². The van der Waals surface area contributed by atoms with E-state index in [0.717, 1.165) is 21.9 Å². The molecule has 1 fully saturated rings. The first-order chi connectivity index (χ1) is 13.5. The Morgan fingerprint density at radius 2 is 1.79 bits per heavy atom. The van der Waals surface area contributed by atoms with Crippen molar-refractivity contribution in [2.24, 2.45) is 5.73 Å². The van der Waals surface area contributed by atoms with Gasteiger partial charge in [-0.15, -0.1) is 0 Å².